The van der Waals surface area contributed by atoms with E-state index < -0.39 is 32.5 Å². The van der Waals surface area contributed by atoms with Gasteiger partial charge in [0.05, 0.1) is 5.52 Å². The van der Waals surface area contributed by atoms with Crippen LogP contribution in [0.1, 0.15) is 38.2 Å². The quantitative estimate of drug-likeness (QED) is 0.421. The molecule has 198 valence electrons. The van der Waals surface area contributed by atoms with Crippen LogP contribution in [-0.4, -0.2) is 67.8 Å². The lowest BCUT2D eigenvalue weighted by Gasteiger charge is -2.32. The Morgan fingerprint density at radius 3 is 2.73 bits per heavy atom. The van der Waals surface area contributed by atoms with Crippen LogP contribution in [0.5, 0.6) is 0 Å². The number of oxazole rings is 1. The molecule has 1 aromatic heterocycles. The van der Waals surface area contributed by atoms with Crippen molar-refractivity contribution in [1.29, 1.82) is 0 Å². The van der Waals surface area contributed by atoms with Crippen LogP contribution in [0.25, 0.3) is 11.1 Å². The normalized spacial score (nSPS) is 20.1. The molecule has 2 aromatic rings. The minimum absolute atomic E-state index is 0.0604. The first-order chi connectivity index (χ1) is 17.6. The molecule has 1 amide bonds. The number of aryl methyl sites for hydroxylation is 1. The molecule has 37 heavy (non-hydrogen) atoms. The Morgan fingerprint density at radius 2 is 2.05 bits per heavy atom. The van der Waals surface area contributed by atoms with Gasteiger partial charge in [-0.25, -0.2) is 23.5 Å². The summed E-state index contributed by atoms with van der Waals surface area (Å²) >= 11 is 0. The fourth-order valence-corrected chi connectivity index (χ4v) is 5.05. The summed E-state index contributed by atoms with van der Waals surface area (Å²) in [7, 11) is -1.84. The van der Waals surface area contributed by atoms with E-state index in [-0.39, 0.29) is 13.0 Å². The predicted octanol–water partition coefficient (Wildman–Crippen LogP) is 1.28. The smallest absolute Gasteiger partial charge is 0.408 e. The first-order valence-electron chi connectivity index (χ1n) is 12.2. The Hall–Kier alpha value is -3.09. The average Bonchev–Trinajstić information content (AvgIpc) is 3.16. The highest BCUT2D eigenvalue weighted by atomic mass is 32.2. The fraction of sp³-hybridized carbons (Fsp3) is 0.538. The summed E-state index contributed by atoms with van der Waals surface area (Å²) in [5.74, 6) is 10.6. The molecule has 4 rings (SSSR count). The second-order valence-corrected chi connectivity index (χ2v) is 12.2. The predicted molar refractivity (Wildman–Crippen MR) is 137 cm³/mol. The molecule has 0 radical (unpaired) electrons. The average molecular weight is 530 g/mol. The third-order valence-electron chi connectivity index (χ3n) is 6.81. The van der Waals surface area contributed by atoms with E-state index in [2.05, 4.69) is 34.1 Å². The molecule has 0 spiro atoms. The molecular weight excluding hydrogens is 498 g/mol. The summed E-state index contributed by atoms with van der Waals surface area (Å²) in [6, 6.07) is 5.06. The number of fused-ring (bicyclic) bond motifs is 1. The second kappa shape index (κ2) is 11.1. The van der Waals surface area contributed by atoms with Gasteiger partial charge in [-0.3, -0.25) is 9.36 Å². The van der Waals surface area contributed by atoms with Gasteiger partial charge in [0.15, 0.2) is 26.5 Å². The number of hydrogen-bond acceptors (Lipinski definition) is 8. The Bertz CT molecular complexity index is 1440. The van der Waals surface area contributed by atoms with Gasteiger partial charge in [-0.1, -0.05) is 11.8 Å². The number of hydroxylamine groups is 1. The van der Waals surface area contributed by atoms with E-state index >= 15 is 0 Å². The number of nitrogens with one attached hydrogen (secondary N) is 1. The van der Waals surface area contributed by atoms with Crippen molar-refractivity contribution in [3.8, 4) is 23.7 Å². The van der Waals surface area contributed by atoms with Crippen LogP contribution in [0, 0.1) is 29.6 Å². The number of hydrogen-bond donors (Lipinski definition) is 1. The molecule has 1 N–H and O–H groups in total. The summed E-state index contributed by atoms with van der Waals surface area (Å²) < 4.78 is 35.5. The molecule has 0 saturated carbocycles. The van der Waals surface area contributed by atoms with Crippen molar-refractivity contribution in [2.45, 2.75) is 50.2 Å². The van der Waals surface area contributed by atoms with Crippen molar-refractivity contribution in [2.75, 3.05) is 33.0 Å². The zero-order valence-corrected chi connectivity index (χ0v) is 22.0. The van der Waals surface area contributed by atoms with E-state index in [1.807, 2.05) is 7.05 Å². The Balaban J connectivity index is 1.46. The third kappa shape index (κ3) is 6.25. The van der Waals surface area contributed by atoms with Crippen molar-refractivity contribution in [1.82, 2.24) is 14.9 Å². The lowest BCUT2D eigenvalue weighted by molar-refractivity contribution is -0.201. The number of amides is 1. The molecule has 2 saturated heterocycles. The van der Waals surface area contributed by atoms with Gasteiger partial charge < -0.3 is 14.1 Å². The van der Waals surface area contributed by atoms with E-state index in [9.17, 15) is 18.0 Å². The summed E-state index contributed by atoms with van der Waals surface area (Å²) in [6.07, 6.45) is 2.59. The van der Waals surface area contributed by atoms with Crippen LogP contribution >= 0.6 is 0 Å². The van der Waals surface area contributed by atoms with Gasteiger partial charge in [-0.2, -0.15) is 0 Å². The van der Waals surface area contributed by atoms with Crippen LogP contribution in [-0.2, 0) is 30.8 Å². The molecule has 2 aliphatic rings. The van der Waals surface area contributed by atoms with E-state index in [4.69, 9.17) is 14.0 Å². The van der Waals surface area contributed by atoms with Crippen LogP contribution in [0.4, 0.5) is 0 Å². The Labute approximate surface area is 216 Å². The maximum atomic E-state index is 12.9. The van der Waals surface area contributed by atoms with Gasteiger partial charge in [-0.15, -0.1) is 0 Å². The summed E-state index contributed by atoms with van der Waals surface area (Å²) in [4.78, 5) is 32.9. The van der Waals surface area contributed by atoms with E-state index in [0.29, 0.717) is 35.6 Å². The molecule has 2 fully saturated rings. The summed E-state index contributed by atoms with van der Waals surface area (Å²) in [6.45, 7) is 3.66. The highest BCUT2D eigenvalue weighted by Crippen LogP contribution is 2.24. The topological polar surface area (TPSA) is 120 Å². The van der Waals surface area contributed by atoms with Crippen LogP contribution < -0.4 is 11.2 Å². The molecule has 2 atom stereocenters. The van der Waals surface area contributed by atoms with Gasteiger partial charge in [0.2, 0.25) is 0 Å². The van der Waals surface area contributed by atoms with Crippen LogP contribution in [0.2, 0.25) is 0 Å². The SMILES string of the molecule is CN1CC(C#CC#Cc2ccc3c(c2)oc(=O)n3CC[C@](C)(C(=O)NOC2CCCCO2)S(C)(=O)=O)C1. The number of aromatic nitrogens is 1. The van der Waals surface area contributed by atoms with Crippen molar-refractivity contribution >= 4 is 26.8 Å². The lowest BCUT2D eigenvalue weighted by Crippen LogP contribution is -2.51. The molecule has 2 aliphatic heterocycles. The number of likely N-dealkylation sites (tertiary alicyclic amines) is 1. The van der Waals surface area contributed by atoms with Gasteiger partial charge in [0.1, 0.15) is 0 Å². The maximum absolute atomic E-state index is 12.9. The Morgan fingerprint density at radius 1 is 1.27 bits per heavy atom. The van der Waals surface area contributed by atoms with E-state index in [1.165, 1.54) is 11.5 Å². The van der Waals surface area contributed by atoms with E-state index in [0.717, 1.165) is 32.2 Å². The maximum Gasteiger partial charge on any atom is 0.419 e. The molecule has 3 heterocycles. The molecule has 0 bridgehead atoms. The number of sulfone groups is 1. The second-order valence-electron chi connectivity index (χ2n) is 9.74. The molecule has 11 heteroatoms. The highest BCUT2D eigenvalue weighted by molar-refractivity contribution is 7.92. The zero-order valence-electron chi connectivity index (χ0n) is 21.2. The van der Waals surface area contributed by atoms with Crippen molar-refractivity contribution < 1.29 is 27.2 Å². The minimum atomic E-state index is -3.88. The molecule has 10 nitrogen and oxygen atoms in total. The fourth-order valence-electron chi connectivity index (χ4n) is 4.21. The first kappa shape index (κ1) is 27.0. The van der Waals surface area contributed by atoms with Crippen molar-refractivity contribution in [3.63, 3.8) is 0 Å². The third-order valence-corrected chi connectivity index (χ3v) is 8.84. The van der Waals surface area contributed by atoms with Gasteiger partial charge in [-0.05, 0) is 63.3 Å². The largest absolute Gasteiger partial charge is 0.419 e. The molecule has 1 unspecified atom stereocenters. The van der Waals surface area contributed by atoms with Gasteiger partial charge in [0, 0.05) is 50.4 Å². The van der Waals surface area contributed by atoms with Gasteiger partial charge in [0.25, 0.3) is 5.91 Å². The zero-order chi connectivity index (χ0) is 26.6. The summed E-state index contributed by atoms with van der Waals surface area (Å²) in [5.41, 5.74) is 3.67. The lowest BCUT2D eigenvalue weighted by atomic mass is 10.0. The number of carbonyl (C=O) groups excluding carboxylic acids is 1. The summed E-state index contributed by atoms with van der Waals surface area (Å²) in [5, 5.41) is 0. The minimum Gasteiger partial charge on any atom is -0.408 e. The Kier molecular flexibility index (Phi) is 8.10. The standard InChI is InChI=1S/C26H31N3O7S/c1-26(37(3,32)33,24(30)27-36-23-10-6-7-15-34-23)13-14-29-21-12-11-19(16-22(21)35-25(29)31)8-4-5-9-20-17-28(2)18-20/h11-12,16,20,23H,6-7,10,13-15,17-18H2,1-3H3,(H,27,30)/t23?,26-/m1/s1. The molecule has 1 aromatic carbocycles. The van der Waals surface area contributed by atoms with Crippen LogP contribution in [0.15, 0.2) is 27.4 Å². The van der Waals surface area contributed by atoms with Crippen molar-refractivity contribution in [3.05, 3.63) is 34.3 Å². The molecule has 0 aliphatic carbocycles. The number of rotatable bonds is 7. The number of ether oxygens (including phenoxy) is 1. The van der Waals surface area contributed by atoms with Gasteiger partial charge >= 0.3 is 5.76 Å². The first-order valence-corrected chi connectivity index (χ1v) is 14.1. The van der Waals surface area contributed by atoms with Crippen molar-refractivity contribution in [2.24, 2.45) is 5.92 Å². The highest BCUT2D eigenvalue weighted by Gasteiger charge is 2.44. The van der Waals surface area contributed by atoms with Crippen LogP contribution in [0.3, 0.4) is 0 Å². The molecular formula is C26H31N3O7S. The number of nitrogens with zero attached hydrogens (tertiary/aromatic N) is 2. The number of carbonyl (C=O) groups is 1. The van der Waals surface area contributed by atoms with E-state index in [1.54, 1.807) is 18.2 Å². The monoisotopic (exact) mass is 529 g/mol. The number of benzene rings is 1.